The highest BCUT2D eigenvalue weighted by Crippen LogP contribution is 2.27. The number of ether oxygens (including phenoxy) is 4. The van der Waals surface area contributed by atoms with Crippen LogP contribution in [-0.4, -0.2) is 60.4 Å². The standard InChI is InChI=1S/C12H17FO8/c1-5(14)18-4-8-11(19-6(2)15)10(17)9(13)12(21-8)20-7(3)16/h8-12,17H,4H2,1-3H3. The summed E-state index contributed by atoms with van der Waals surface area (Å²) in [6.07, 6.45) is -8.11. The van der Waals surface area contributed by atoms with Gasteiger partial charge in [0.05, 0.1) is 0 Å². The summed E-state index contributed by atoms with van der Waals surface area (Å²) in [5.74, 6) is -2.22. The number of halogens is 1. The van der Waals surface area contributed by atoms with Crippen molar-refractivity contribution in [2.75, 3.05) is 6.61 Å². The van der Waals surface area contributed by atoms with Gasteiger partial charge in [0.15, 0.2) is 12.3 Å². The zero-order valence-corrected chi connectivity index (χ0v) is 11.8. The SMILES string of the molecule is CC(=O)OCC1OC(OC(C)=O)C(F)C(O)C1OC(C)=O. The lowest BCUT2D eigenvalue weighted by molar-refractivity contribution is -0.282. The first-order chi connectivity index (χ1) is 9.72. The van der Waals surface area contributed by atoms with Crippen LogP contribution in [0.3, 0.4) is 0 Å². The fourth-order valence-electron chi connectivity index (χ4n) is 1.81. The molecule has 1 fully saturated rings. The van der Waals surface area contributed by atoms with Crippen molar-refractivity contribution in [2.45, 2.75) is 51.5 Å². The molecule has 0 bridgehead atoms. The van der Waals surface area contributed by atoms with Gasteiger partial charge in [-0.1, -0.05) is 0 Å². The van der Waals surface area contributed by atoms with E-state index in [9.17, 15) is 23.9 Å². The van der Waals surface area contributed by atoms with Crippen LogP contribution in [0, 0.1) is 0 Å². The van der Waals surface area contributed by atoms with Crippen molar-refractivity contribution in [3.8, 4) is 0 Å². The molecule has 120 valence electrons. The summed E-state index contributed by atoms with van der Waals surface area (Å²) < 4.78 is 33.1. The third-order valence-electron chi connectivity index (χ3n) is 2.63. The van der Waals surface area contributed by atoms with Gasteiger partial charge in [-0.05, 0) is 0 Å². The molecule has 0 saturated carbocycles. The number of aliphatic hydroxyl groups excluding tert-OH is 1. The number of alkyl halides is 1. The summed E-state index contributed by atoms with van der Waals surface area (Å²) in [5, 5.41) is 9.84. The van der Waals surface area contributed by atoms with Gasteiger partial charge in [-0.2, -0.15) is 0 Å². The number of esters is 3. The van der Waals surface area contributed by atoms with Gasteiger partial charge >= 0.3 is 17.9 Å². The molecule has 21 heavy (non-hydrogen) atoms. The molecule has 1 saturated heterocycles. The number of carbonyl (C=O) groups is 3. The fraction of sp³-hybridized carbons (Fsp3) is 0.750. The van der Waals surface area contributed by atoms with Gasteiger partial charge in [-0.15, -0.1) is 0 Å². The minimum atomic E-state index is -2.10. The average Bonchev–Trinajstić information content (AvgIpc) is 2.35. The van der Waals surface area contributed by atoms with E-state index in [1.165, 1.54) is 0 Å². The Morgan fingerprint density at radius 3 is 2.14 bits per heavy atom. The van der Waals surface area contributed by atoms with Crippen LogP contribution in [0.1, 0.15) is 20.8 Å². The average molecular weight is 308 g/mol. The predicted octanol–water partition coefficient (Wildman–Crippen LogP) is -0.532. The quantitative estimate of drug-likeness (QED) is 0.545. The Balaban J connectivity index is 2.86. The van der Waals surface area contributed by atoms with Crippen molar-refractivity contribution in [3.05, 3.63) is 0 Å². The van der Waals surface area contributed by atoms with E-state index in [4.69, 9.17) is 14.2 Å². The van der Waals surface area contributed by atoms with E-state index in [0.717, 1.165) is 20.8 Å². The van der Waals surface area contributed by atoms with Crippen molar-refractivity contribution < 1.29 is 42.8 Å². The van der Waals surface area contributed by atoms with E-state index >= 15 is 0 Å². The van der Waals surface area contributed by atoms with Gasteiger partial charge in [-0.3, -0.25) is 14.4 Å². The van der Waals surface area contributed by atoms with Crippen LogP contribution in [0.2, 0.25) is 0 Å². The number of rotatable bonds is 4. The topological polar surface area (TPSA) is 108 Å². The highest BCUT2D eigenvalue weighted by Gasteiger charge is 2.49. The van der Waals surface area contributed by atoms with E-state index in [2.05, 4.69) is 4.74 Å². The Morgan fingerprint density at radius 1 is 1.10 bits per heavy atom. The van der Waals surface area contributed by atoms with Gasteiger partial charge in [0, 0.05) is 20.8 Å². The van der Waals surface area contributed by atoms with Crippen LogP contribution >= 0.6 is 0 Å². The number of aliphatic hydroxyl groups is 1. The molecule has 5 atom stereocenters. The van der Waals surface area contributed by atoms with E-state index in [1.54, 1.807) is 0 Å². The van der Waals surface area contributed by atoms with Crippen molar-refractivity contribution >= 4 is 17.9 Å². The molecule has 0 radical (unpaired) electrons. The van der Waals surface area contributed by atoms with Crippen molar-refractivity contribution in [1.82, 2.24) is 0 Å². The molecule has 1 N–H and O–H groups in total. The largest absolute Gasteiger partial charge is 0.463 e. The molecule has 1 rings (SSSR count). The number of hydrogen-bond acceptors (Lipinski definition) is 8. The molecular weight excluding hydrogens is 291 g/mol. The zero-order valence-electron chi connectivity index (χ0n) is 11.8. The second-order valence-corrected chi connectivity index (χ2v) is 4.46. The first-order valence-electron chi connectivity index (χ1n) is 6.17. The summed E-state index contributed by atoms with van der Waals surface area (Å²) in [4.78, 5) is 32.7. The molecule has 9 heteroatoms. The normalized spacial score (nSPS) is 32.1. The molecule has 1 heterocycles. The Morgan fingerprint density at radius 2 is 1.67 bits per heavy atom. The van der Waals surface area contributed by atoms with Gasteiger partial charge in [-0.25, -0.2) is 4.39 Å². The van der Waals surface area contributed by atoms with E-state index in [-0.39, 0.29) is 0 Å². The molecule has 5 unspecified atom stereocenters. The van der Waals surface area contributed by atoms with Gasteiger partial charge in [0.1, 0.15) is 18.8 Å². The predicted molar refractivity (Wildman–Crippen MR) is 63.5 cm³/mol. The smallest absolute Gasteiger partial charge is 0.305 e. The van der Waals surface area contributed by atoms with Crippen LogP contribution in [0.15, 0.2) is 0 Å². The first kappa shape index (κ1) is 17.3. The zero-order chi connectivity index (χ0) is 16.2. The van der Waals surface area contributed by atoms with Crippen molar-refractivity contribution in [1.29, 1.82) is 0 Å². The van der Waals surface area contributed by atoms with Crippen LogP contribution in [0.5, 0.6) is 0 Å². The molecule has 0 aromatic rings. The maximum absolute atomic E-state index is 13.9. The Kier molecular flexibility index (Phi) is 6.03. The minimum Gasteiger partial charge on any atom is -0.463 e. The molecule has 0 aromatic carbocycles. The van der Waals surface area contributed by atoms with Gasteiger partial charge in [0.2, 0.25) is 6.29 Å². The summed E-state index contributed by atoms with van der Waals surface area (Å²) in [6, 6.07) is 0. The first-order valence-corrected chi connectivity index (χ1v) is 6.17. The Labute approximate surface area is 120 Å². The van der Waals surface area contributed by atoms with Gasteiger partial charge < -0.3 is 24.1 Å². The Hall–Kier alpha value is -1.74. The maximum atomic E-state index is 13.9. The lowest BCUT2D eigenvalue weighted by Gasteiger charge is -2.39. The number of carbonyl (C=O) groups excluding carboxylic acids is 3. The van der Waals surface area contributed by atoms with E-state index < -0.39 is 55.3 Å². The molecule has 1 aliphatic rings. The van der Waals surface area contributed by atoms with E-state index in [1.807, 2.05) is 0 Å². The molecule has 1 aliphatic heterocycles. The second-order valence-electron chi connectivity index (χ2n) is 4.46. The Bertz CT molecular complexity index is 412. The highest BCUT2D eigenvalue weighted by atomic mass is 19.1. The third-order valence-corrected chi connectivity index (χ3v) is 2.63. The number of hydrogen-bond donors (Lipinski definition) is 1. The monoisotopic (exact) mass is 308 g/mol. The highest BCUT2D eigenvalue weighted by molar-refractivity contribution is 5.67. The molecule has 0 spiro atoms. The molecular formula is C12H17FO8. The lowest BCUT2D eigenvalue weighted by Crippen LogP contribution is -2.59. The van der Waals surface area contributed by atoms with Crippen molar-refractivity contribution in [3.63, 3.8) is 0 Å². The van der Waals surface area contributed by atoms with Crippen LogP contribution in [-0.2, 0) is 33.3 Å². The summed E-state index contributed by atoms with van der Waals surface area (Å²) in [6.45, 7) is 2.86. The van der Waals surface area contributed by atoms with Crippen LogP contribution < -0.4 is 0 Å². The van der Waals surface area contributed by atoms with Crippen molar-refractivity contribution in [2.24, 2.45) is 0 Å². The summed E-state index contributed by atoms with van der Waals surface area (Å²) >= 11 is 0. The minimum absolute atomic E-state index is 0.394. The third kappa shape index (κ3) is 4.94. The maximum Gasteiger partial charge on any atom is 0.305 e. The summed E-state index contributed by atoms with van der Waals surface area (Å²) in [7, 11) is 0. The fourth-order valence-corrected chi connectivity index (χ4v) is 1.81. The summed E-state index contributed by atoms with van der Waals surface area (Å²) in [5.41, 5.74) is 0. The molecule has 8 nitrogen and oxygen atoms in total. The van der Waals surface area contributed by atoms with Crippen LogP contribution in [0.25, 0.3) is 0 Å². The van der Waals surface area contributed by atoms with Gasteiger partial charge in [0.25, 0.3) is 0 Å². The molecule has 0 amide bonds. The molecule has 0 aliphatic carbocycles. The van der Waals surface area contributed by atoms with E-state index in [0.29, 0.717) is 0 Å². The molecule has 0 aromatic heterocycles. The lowest BCUT2D eigenvalue weighted by atomic mass is 10.00. The van der Waals surface area contributed by atoms with Crippen LogP contribution in [0.4, 0.5) is 4.39 Å². The second kappa shape index (κ2) is 7.32.